The lowest BCUT2D eigenvalue weighted by Crippen LogP contribution is -2.46. The number of nitrogens with zero attached hydrogens (tertiary/aromatic N) is 1. The maximum Gasteiger partial charge on any atom is 0.586 e. The van der Waals surface area contributed by atoms with Gasteiger partial charge in [0.15, 0.2) is 11.5 Å². The number of alkyl halides is 4. The maximum atomic E-state index is 13.1. The van der Waals surface area contributed by atoms with E-state index in [4.69, 9.17) is 4.74 Å². The summed E-state index contributed by atoms with van der Waals surface area (Å²) in [5.74, 6) is -0.0971. The second-order valence-electron chi connectivity index (χ2n) is 5.99. The molecule has 3 aliphatic rings. The van der Waals surface area contributed by atoms with Gasteiger partial charge in [-0.2, -0.15) is 0 Å². The maximum absolute atomic E-state index is 13.1. The van der Waals surface area contributed by atoms with E-state index in [0.717, 1.165) is 19.4 Å². The van der Waals surface area contributed by atoms with Gasteiger partial charge in [-0.1, -0.05) is 12.1 Å². The number of carbonyl (C=O) groups is 1. The van der Waals surface area contributed by atoms with E-state index in [2.05, 4.69) is 9.47 Å². The van der Waals surface area contributed by atoms with Gasteiger partial charge < -0.3 is 14.2 Å². The fourth-order valence-electron chi connectivity index (χ4n) is 3.50. The molecule has 3 heterocycles. The molecule has 2 fully saturated rings. The SMILES string of the molecule is CF.COC(=O)[C@@]12CCCN1C[C@@H](F)C2.FC1(F)Oc2ccccc2O1. The van der Waals surface area contributed by atoms with E-state index in [0.29, 0.717) is 20.1 Å². The lowest BCUT2D eigenvalue weighted by Gasteiger charge is -2.27. The Morgan fingerprint density at radius 1 is 1.23 bits per heavy atom. The molecule has 146 valence electrons. The van der Waals surface area contributed by atoms with Crippen LogP contribution in [0.25, 0.3) is 0 Å². The fraction of sp³-hybridized carbons (Fsp3) is 0.588. The van der Waals surface area contributed by atoms with Crippen molar-refractivity contribution >= 4 is 5.97 Å². The minimum Gasteiger partial charge on any atom is -0.468 e. The lowest BCUT2D eigenvalue weighted by molar-refractivity contribution is -0.286. The van der Waals surface area contributed by atoms with Gasteiger partial charge in [-0.3, -0.25) is 14.1 Å². The van der Waals surface area contributed by atoms with Crippen molar-refractivity contribution in [1.29, 1.82) is 0 Å². The van der Waals surface area contributed by atoms with E-state index < -0.39 is 18.0 Å². The molecule has 0 N–H and O–H groups in total. The van der Waals surface area contributed by atoms with Gasteiger partial charge in [0.05, 0.1) is 14.3 Å². The second kappa shape index (κ2) is 8.11. The first-order valence-electron chi connectivity index (χ1n) is 8.06. The Hall–Kier alpha value is -2.03. The number of para-hydroxylation sites is 2. The van der Waals surface area contributed by atoms with E-state index in [-0.39, 0.29) is 17.5 Å². The zero-order valence-corrected chi connectivity index (χ0v) is 14.5. The summed E-state index contributed by atoms with van der Waals surface area (Å²) in [5, 5.41) is 0. The summed E-state index contributed by atoms with van der Waals surface area (Å²) in [7, 11) is 1.87. The van der Waals surface area contributed by atoms with Crippen LogP contribution in [0, 0.1) is 0 Å². The van der Waals surface area contributed by atoms with E-state index in [9.17, 15) is 22.4 Å². The number of rotatable bonds is 1. The number of esters is 1. The molecule has 0 unspecified atom stereocenters. The monoisotopic (exact) mass is 379 g/mol. The number of ether oxygens (including phenoxy) is 3. The van der Waals surface area contributed by atoms with Crippen LogP contribution in [0.1, 0.15) is 19.3 Å². The summed E-state index contributed by atoms with van der Waals surface area (Å²) in [6, 6.07) is 6.06. The molecular formula is C17H21F4NO4. The van der Waals surface area contributed by atoms with Crippen molar-refractivity contribution in [2.24, 2.45) is 0 Å². The molecule has 0 spiro atoms. The van der Waals surface area contributed by atoms with E-state index in [1.165, 1.54) is 19.2 Å². The minimum atomic E-state index is -3.50. The molecule has 0 amide bonds. The number of halogens is 4. The van der Waals surface area contributed by atoms with Crippen molar-refractivity contribution in [3.8, 4) is 11.5 Å². The summed E-state index contributed by atoms with van der Waals surface area (Å²) in [4.78, 5) is 13.5. The second-order valence-corrected chi connectivity index (χ2v) is 5.99. The van der Waals surface area contributed by atoms with Crippen LogP contribution in [0.4, 0.5) is 17.6 Å². The highest BCUT2D eigenvalue weighted by Gasteiger charge is 2.54. The van der Waals surface area contributed by atoms with Crippen LogP contribution in [-0.2, 0) is 9.53 Å². The summed E-state index contributed by atoms with van der Waals surface area (Å²) in [6.45, 7) is 1.23. The molecule has 0 radical (unpaired) electrons. The van der Waals surface area contributed by atoms with E-state index >= 15 is 0 Å². The molecule has 2 saturated heterocycles. The molecule has 9 heteroatoms. The third kappa shape index (κ3) is 4.03. The standard InChI is InChI=1S/C9H14FNO2.C7H4F2O2.CH3F/c1-13-8(12)9-3-2-4-11(9)6-7(10)5-9;8-7(9)10-5-3-1-2-4-6(5)11-7;1-2/h7H,2-6H2,1H3;1-4H;1H3/t7-,9-;;/m0../s1. The summed E-state index contributed by atoms with van der Waals surface area (Å²) < 4.78 is 60.2. The Morgan fingerprint density at radius 3 is 2.35 bits per heavy atom. The Morgan fingerprint density at radius 2 is 1.81 bits per heavy atom. The zero-order valence-electron chi connectivity index (χ0n) is 14.5. The molecule has 4 rings (SSSR count). The molecule has 3 aliphatic heterocycles. The van der Waals surface area contributed by atoms with Crippen LogP contribution in [0.2, 0.25) is 0 Å². The highest BCUT2D eigenvalue weighted by Crippen LogP contribution is 2.41. The molecule has 0 aromatic heterocycles. The molecule has 1 aromatic carbocycles. The molecule has 0 bridgehead atoms. The molecule has 0 saturated carbocycles. The van der Waals surface area contributed by atoms with Crippen LogP contribution < -0.4 is 9.47 Å². The summed E-state index contributed by atoms with van der Waals surface area (Å²) in [6.07, 6.45) is -2.31. The number of carbonyl (C=O) groups excluding carboxylic acids is 1. The average molecular weight is 379 g/mol. The molecule has 0 aliphatic carbocycles. The predicted octanol–water partition coefficient (Wildman–Crippen LogP) is 3.33. The van der Waals surface area contributed by atoms with Crippen LogP contribution in [0.5, 0.6) is 11.5 Å². The molecule has 5 nitrogen and oxygen atoms in total. The Bertz CT molecular complexity index is 604. The number of methoxy groups -OCH3 is 1. The number of hydrogen-bond donors (Lipinski definition) is 0. The van der Waals surface area contributed by atoms with Crippen LogP contribution in [0.15, 0.2) is 24.3 Å². The Balaban J connectivity index is 0.000000173. The van der Waals surface area contributed by atoms with Crippen molar-refractivity contribution in [2.45, 2.75) is 37.3 Å². The highest BCUT2D eigenvalue weighted by atomic mass is 19.3. The smallest absolute Gasteiger partial charge is 0.468 e. The van der Waals surface area contributed by atoms with Gasteiger partial charge in [-0.15, -0.1) is 8.78 Å². The first-order chi connectivity index (χ1) is 12.4. The molecule has 1 aromatic rings. The summed E-state index contributed by atoms with van der Waals surface area (Å²) in [5.41, 5.74) is -0.617. The van der Waals surface area contributed by atoms with Gasteiger partial charge in [-0.25, -0.2) is 4.39 Å². The topological polar surface area (TPSA) is 48.0 Å². The molecule has 26 heavy (non-hydrogen) atoms. The van der Waals surface area contributed by atoms with Crippen molar-refractivity contribution in [3.63, 3.8) is 0 Å². The van der Waals surface area contributed by atoms with Crippen LogP contribution >= 0.6 is 0 Å². The largest absolute Gasteiger partial charge is 0.586 e. The van der Waals surface area contributed by atoms with Crippen molar-refractivity contribution in [2.75, 3.05) is 27.4 Å². The van der Waals surface area contributed by atoms with Gasteiger partial charge in [0.25, 0.3) is 0 Å². The summed E-state index contributed by atoms with van der Waals surface area (Å²) >= 11 is 0. The minimum absolute atomic E-state index is 0.0810. The average Bonchev–Trinajstić information content (AvgIpc) is 3.24. The lowest BCUT2D eigenvalue weighted by atomic mass is 9.94. The third-order valence-electron chi connectivity index (χ3n) is 4.47. The van der Waals surface area contributed by atoms with Crippen molar-refractivity contribution < 1.29 is 36.6 Å². The van der Waals surface area contributed by atoms with E-state index in [1.54, 1.807) is 12.1 Å². The Kier molecular flexibility index (Phi) is 6.33. The van der Waals surface area contributed by atoms with Gasteiger partial charge >= 0.3 is 12.3 Å². The fourth-order valence-corrected chi connectivity index (χ4v) is 3.50. The van der Waals surface area contributed by atoms with Gasteiger partial charge in [-0.05, 0) is 31.5 Å². The third-order valence-corrected chi connectivity index (χ3v) is 4.47. The van der Waals surface area contributed by atoms with Crippen molar-refractivity contribution in [3.05, 3.63) is 24.3 Å². The Labute approximate surface area is 148 Å². The molecular weight excluding hydrogens is 358 g/mol. The first-order valence-corrected chi connectivity index (χ1v) is 8.06. The van der Waals surface area contributed by atoms with Crippen LogP contribution in [0.3, 0.4) is 0 Å². The van der Waals surface area contributed by atoms with Gasteiger partial charge in [0.2, 0.25) is 0 Å². The predicted molar refractivity (Wildman–Crippen MR) is 84.7 cm³/mol. The van der Waals surface area contributed by atoms with Gasteiger partial charge in [0, 0.05) is 13.0 Å². The highest BCUT2D eigenvalue weighted by molar-refractivity contribution is 5.81. The quantitative estimate of drug-likeness (QED) is 0.553. The van der Waals surface area contributed by atoms with Crippen molar-refractivity contribution in [1.82, 2.24) is 4.90 Å². The normalized spacial score (nSPS) is 27.5. The zero-order chi connectivity index (χ0) is 19.4. The van der Waals surface area contributed by atoms with Gasteiger partial charge in [0.1, 0.15) is 11.7 Å². The number of benzene rings is 1. The van der Waals surface area contributed by atoms with E-state index in [1.807, 2.05) is 4.90 Å². The van der Waals surface area contributed by atoms with Crippen LogP contribution in [-0.4, -0.2) is 56.3 Å². The number of fused-ring (bicyclic) bond motifs is 2. The molecule has 2 atom stereocenters. The number of hydrogen-bond acceptors (Lipinski definition) is 5. The first kappa shape index (κ1) is 20.3.